The lowest BCUT2D eigenvalue weighted by Gasteiger charge is -2.36. The quantitative estimate of drug-likeness (QED) is 0.867. The molecule has 138 valence electrons. The molecule has 0 bridgehead atoms. The standard InChI is InChI=1S/C18H26ClN3O3/c1-13(14-6-5-7-15(19)12-14)20-16(23)21-8-10-22(11-9-21)17(24)25-18(2,3)4/h5-7,12-13H,8-11H2,1-4H3,(H,20,23). The molecule has 1 aromatic carbocycles. The van der Waals surface area contributed by atoms with Crippen LogP contribution in [0, 0.1) is 0 Å². The zero-order valence-electron chi connectivity index (χ0n) is 15.2. The number of rotatable bonds is 2. The first-order valence-corrected chi connectivity index (χ1v) is 8.82. The van der Waals surface area contributed by atoms with Crippen molar-refractivity contribution < 1.29 is 14.3 Å². The smallest absolute Gasteiger partial charge is 0.410 e. The molecule has 0 radical (unpaired) electrons. The highest BCUT2D eigenvalue weighted by atomic mass is 35.5. The third kappa shape index (κ3) is 5.81. The van der Waals surface area contributed by atoms with E-state index in [4.69, 9.17) is 16.3 Å². The van der Waals surface area contributed by atoms with Gasteiger partial charge in [-0.05, 0) is 45.4 Å². The lowest BCUT2D eigenvalue weighted by molar-refractivity contribution is 0.0169. The molecule has 0 spiro atoms. The van der Waals surface area contributed by atoms with Crippen molar-refractivity contribution in [1.29, 1.82) is 0 Å². The number of carbonyl (C=O) groups excluding carboxylic acids is 2. The first-order valence-electron chi connectivity index (χ1n) is 8.44. The van der Waals surface area contributed by atoms with Crippen molar-refractivity contribution in [3.8, 4) is 0 Å². The highest BCUT2D eigenvalue weighted by molar-refractivity contribution is 6.30. The molecule has 1 aliphatic rings. The van der Waals surface area contributed by atoms with Crippen molar-refractivity contribution in [2.75, 3.05) is 26.2 Å². The molecular formula is C18H26ClN3O3. The number of piperazine rings is 1. The summed E-state index contributed by atoms with van der Waals surface area (Å²) in [6.07, 6.45) is -0.333. The van der Waals surface area contributed by atoms with Crippen LogP contribution >= 0.6 is 11.6 Å². The Bertz CT molecular complexity index is 622. The predicted octanol–water partition coefficient (Wildman–Crippen LogP) is 3.66. The number of hydrogen-bond donors (Lipinski definition) is 1. The Balaban J connectivity index is 1.84. The third-order valence-corrected chi connectivity index (χ3v) is 4.14. The number of urea groups is 1. The van der Waals surface area contributed by atoms with E-state index in [0.29, 0.717) is 31.2 Å². The van der Waals surface area contributed by atoms with Gasteiger partial charge in [0.15, 0.2) is 0 Å². The summed E-state index contributed by atoms with van der Waals surface area (Å²) >= 11 is 5.99. The molecule has 25 heavy (non-hydrogen) atoms. The van der Waals surface area contributed by atoms with Gasteiger partial charge in [0.05, 0.1) is 6.04 Å². The van der Waals surface area contributed by atoms with Gasteiger partial charge in [0.1, 0.15) is 5.60 Å². The van der Waals surface area contributed by atoms with Crippen molar-refractivity contribution in [2.45, 2.75) is 39.3 Å². The number of ether oxygens (including phenoxy) is 1. The van der Waals surface area contributed by atoms with Crippen LogP contribution in [0.25, 0.3) is 0 Å². The molecule has 7 heteroatoms. The van der Waals surface area contributed by atoms with Crippen molar-refractivity contribution in [2.24, 2.45) is 0 Å². The normalized spacial score (nSPS) is 16.4. The number of nitrogens with one attached hydrogen (secondary N) is 1. The van der Waals surface area contributed by atoms with Crippen LogP contribution in [0.15, 0.2) is 24.3 Å². The highest BCUT2D eigenvalue weighted by Crippen LogP contribution is 2.18. The zero-order chi connectivity index (χ0) is 18.6. The second-order valence-electron chi connectivity index (χ2n) is 7.18. The van der Waals surface area contributed by atoms with Gasteiger partial charge in [-0.3, -0.25) is 0 Å². The van der Waals surface area contributed by atoms with Crippen LogP contribution in [0.3, 0.4) is 0 Å². The van der Waals surface area contributed by atoms with E-state index in [2.05, 4.69) is 5.32 Å². The van der Waals surface area contributed by atoms with Crippen LogP contribution in [0.1, 0.15) is 39.3 Å². The Labute approximate surface area is 154 Å². The average molecular weight is 368 g/mol. The molecule has 1 atom stereocenters. The van der Waals surface area contributed by atoms with Crippen LogP contribution < -0.4 is 5.32 Å². The molecular weight excluding hydrogens is 342 g/mol. The summed E-state index contributed by atoms with van der Waals surface area (Å²) < 4.78 is 5.36. The van der Waals surface area contributed by atoms with Crippen LogP contribution in [0.4, 0.5) is 9.59 Å². The van der Waals surface area contributed by atoms with E-state index < -0.39 is 5.60 Å². The fourth-order valence-corrected chi connectivity index (χ4v) is 2.75. The number of benzene rings is 1. The summed E-state index contributed by atoms with van der Waals surface area (Å²) in [7, 11) is 0. The lowest BCUT2D eigenvalue weighted by atomic mass is 10.1. The van der Waals surface area contributed by atoms with E-state index in [1.54, 1.807) is 15.9 Å². The molecule has 3 amide bonds. The minimum Gasteiger partial charge on any atom is -0.444 e. The predicted molar refractivity (Wildman–Crippen MR) is 97.8 cm³/mol. The highest BCUT2D eigenvalue weighted by Gasteiger charge is 2.28. The summed E-state index contributed by atoms with van der Waals surface area (Å²) in [5, 5.41) is 3.61. The summed E-state index contributed by atoms with van der Waals surface area (Å²) in [6.45, 7) is 9.33. The van der Waals surface area contributed by atoms with E-state index in [-0.39, 0.29) is 18.2 Å². The topological polar surface area (TPSA) is 61.9 Å². The minimum absolute atomic E-state index is 0.142. The molecule has 1 heterocycles. The Morgan fingerprint density at radius 3 is 2.32 bits per heavy atom. The van der Waals surface area contributed by atoms with Gasteiger partial charge >= 0.3 is 12.1 Å². The molecule has 1 saturated heterocycles. The maximum atomic E-state index is 12.4. The average Bonchev–Trinajstić information content (AvgIpc) is 2.53. The van der Waals surface area contributed by atoms with Crippen molar-refractivity contribution in [3.63, 3.8) is 0 Å². The third-order valence-electron chi connectivity index (χ3n) is 3.91. The molecule has 0 aliphatic carbocycles. The van der Waals surface area contributed by atoms with Crippen LogP contribution in [0.5, 0.6) is 0 Å². The fraction of sp³-hybridized carbons (Fsp3) is 0.556. The van der Waals surface area contributed by atoms with Crippen LogP contribution in [-0.2, 0) is 4.74 Å². The Hall–Kier alpha value is -1.95. The number of halogens is 1. The van der Waals surface area contributed by atoms with E-state index in [1.807, 2.05) is 45.9 Å². The summed E-state index contributed by atoms with van der Waals surface area (Å²) in [5.74, 6) is 0. The maximum Gasteiger partial charge on any atom is 0.410 e. The first kappa shape index (κ1) is 19.4. The van der Waals surface area contributed by atoms with Crippen molar-refractivity contribution in [1.82, 2.24) is 15.1 Å². The first-order chi connectivity index (χ1) is 11.7. The van der Waals surface area contributed by atoms with E-state index in [1.165, 1.54) is 0 Å². The van der Waals surface area contributed by atoms with Gasteiger partial charge in [0, 0.05) is 31.2 Å². The van der Waals surface area contributed by atoms with E-state index >= 15 is 0 Å². The summed E-state index contributed by atoms with van der Waals surface area (Å²) in [5.41, 5.74) is 0.436. The Morgan fingerprint density at radius 1 is 1.16 bits per heavy atom. The summed E-state index contributed by atoms with van der Waals surface area (Å²) in [6, 6.07) is 7.14. The largest absolute Gasteiger partial charge is 0.444 e. The second kappa shape index (κ2) is 7.95. The number of amides is 3. The van der Waals surface area contributed by atoms with E-state index in [9.17, 15) is 9.59 Å². The van der Waals surface area contributed by atoms with Gasteiger partial charge in [0.25, 0.3) is 0 Å². The molecule has 1 aliphatic heterocycles. The molecule has 0 saturated carbocycles. The lowest BCUT2D eigenvalue weighted by Crippen LogP contribution is -2.54. The molecule has 1 unspecified atom stereocenters. The van der Waals surface area contributed by atoms with Crippen molar-refractivity contribution in [3.05, 3.63) is 34.9 Å². The Kier molecular flexibility index (Phi) is 6.16. The molecule has 2 rings (SSSR count). The van der Waals surface area contributed by atoms with Gasteiger partial charge in [-0.2, -0.15) is 0 Å². The summed E-state index contributed by atoms with van der Waals surface area (Å²) in [4.78, 5) is 27.8. The van der Waals surface area contributed by atoms with Crippen molar-refractivity contribution >= 4 is 23.7 Å². The fourth-order valence-electron chi connectivity index (χ4n) is 2.55. The number of hydrogen-bond acceptors (Lipinski definition) is 3. The van der Waals surface area contributed by atoms with Gasteiger partial charge < -0.3 is 19.9 Å². The van der Waals surface area contributed by atoms with Crippen LogP contribution in [-0.4, -0.2) is 53.7 Å². The molecule has 1 fully saturated rings. The molecule has 1 aromatic rings. The van der Waals surface area contributed by atoms with Gasteiger partial charge in [-0.25, -0.2) is 9.59 Å². The van der Waals surface area contributed by atoms with Gasteiger partial charge in [0.2, 0.25) is 0 Å². The number of carbonyl (C=O) groups is 2. The Morgan fingerprint density at radius 2 is 1.76 bits per heavy atom. The van der Waals surface area contributed by atoms with E-state index in [0.717, 1.165) is 5.56 Å². The molecule has 0 aromatic heterocycles. The van der Waals surface area contributed by atoms with Gasteiger partial charge in [-0.1, -0.05) is 23.7 Å². The second-order valence-corrected chi connectivity index (χ2v) is 7.62. The monoisotopic (exact) mass is 367 g/mol. The van der Waals surface area contributed by atoms with Gasteiger partial charge in [-0.15, -0.1) is 0 Å². The SMILES string of the molecule is CC(NC(=O)N1CCN(C(=O)OC(C)(C)C)CC1)c1cccc(Cl)c1. The number of nitrogens with zero attached hydrogens (tertiary/aromatic N) is 2. The zero-order valence-corrected chi connectivity index (χ0v) is 16.0. The molecule has 6 nitrogen and oxygen atoms in total. The molecule has 1 N–H and O–H groups in total. The minimum atomic E-state index is -0.516. The van der Waals surface area contributed by atoms with Crippen LogP contribution in [0.2, 0.25) is 5.02 Å². The maximum absolute atomic E-state index is 12.4.